The number of allylic oxidation sites excluding steroid dienone is 1. The number of hydrogen-bond acceptors (Lipinski definition) is 4. The van der Waals surface area contributed by atoms with Crippen LogP contribution in [0, 0.1) is 5.92 Å². The normalized spacial score (nSPS) is 30.7. The molecule has 0 amide bonds. The average molecular weight is 412 g/mol. The first kappa shape index (κ1) is 20.4. The highest BCUT2D eigenvalue weighted by Gasteiger charge is 2.46. The van der Waals surface area contributed by atoms with Crippen LogP contribution in [0.1, 0.15) is 62.7 Å². The van der Waals surface area contributed by atoms with E-state index in [4.69, 9.17) is 5.73 Å². The summed E-state index contributed by atoms with van der Waals surface area (Å²) in [4.78, 5) is 28.9. The third-order valence-electron chi connectivity index (χ3n) is 6.76. The van der Waals surface area contributed by atoms with Crippen molar-refractivity contribution in [1.29, 1.82) is 0 Å². The Bertz CT molecular complexity index is 950. The van der Waals surface area contributed by atoms with Crippen molar-refractivity contribution in [3.63, 3.8) is 0 Å². The maximum atomic E-state index is 15.5. The highest BCUT2D eigenvalue weighted by molar-refractivity contribution is 5.74. The molecule has 1 saturated heterocycles. The summed E-state index contributed by atoms with van der Waals surface area (Å²) in [5.74, 6) is -1.28. The molecule has 1 saturated carbocycles. The molecule has 2 fully saturated rings. The van der Waals surface area contributed by atoms with E-state index in [1.165, 1.54) is 4.57 Å². The van der Waals surface area contributed by atoms with Crippen LogP contribution in [-0.2, 0) is 0 Å². The molecule has 1 aliphatic heterocycles. The Morgan fingerprint density at radius 2 is 1.93 bits per heavy atom. The first-order valence-electron chi connectivity index (χ1n) is 10.3. The first-order chi connectivity index (χ1) is 13.8. The van der Waals surface area contributed by atoms with E-state index < -0.39 is 41.0 Å². The highest BCUT2D eigenvalue weighted by atomic mass is 19.3. The smallest absolute Gasteiger partial charge is 0.326 e. The molecule has 1 aromatic rings. The van der Waals surface area contributed by atoms with Crippen LogP contribution >= 0.6 is 0 Å². The lowest BCUT2D eigenvalue weighted by atomic mass is 9.80. The number of likely N-dealkylation sites (tertiary alicyclic amines) is 1. The minimum Gasteiger partial charge on any atom is -0.326 e. The van der Waals surface area contributed by atoms with Gasteiger partial charge in [0.15, 0.2) is 0 Å². The van der Waals surface area contributed by atoms with Crippen molar-refractivity contribution in [2.24, 2.45) is 11.7 Å². The van der Waals surface area contributed by atoms with Crippen LogP contribution in [0.4, 0.5) is 13.2 Å². The molecule has 2 heterocycles. The fourth-order valence-corrected chi connectivity index (χ4v) is 5.12. The number of piperidine rings is 1. The summed E-state index contributed by atoms with van der Waals surface area (Å²) in [5, 5.41) is 0. The van der Waals surface area contributed by atoms with Crippen LogP contribution in [0.2, 0.25) is 0 Å². The van der Waals surface area contributed by atoms with Gasteiger partial charge >= 0.3 is 5.69 Å². The van der Waals surface area contributed by atoms with Crippen LogP contribution in [0.3, 0.4) is 0 Å². The number of nitrogens with two attached hydrogens (primary N) is 1. The van der Waals surface area contributed by atoms with E-state index >= 15 is 4.39 Å². The van der Waals surface area contributed by atoms with Gasteiger partial charge in [-0.3, -0.25) is 19.2 Å². The molecule has 29 heavy (non-hydrogen) atoms. The second-order valence-electron chi connectivity index (χ2n) is 8.53. The Morgan fingerprint density at radius 3 is 2.48 bits per heavy atom. The number of aromatic nitrogens is 2. The van der Waals surface area contributed by atoms with Crippen molar-refractivity contribution >= 4 is 5.57 Å². The van der Waals surface area contributed by atoms with Crippen LogP contribution in [-0.4, -0.2) is 46.0 Å². The van der Waals surface area contributed by atoms with Crippen molar-refractivity contribution < 1.29 is 13.2 Å². The quantitative estimate of drug-likeness (QED) is 0.795. The van der Waals surface area contributed by atoms with Crippen LogP contribution in [0.25, 0.3) is 5.57 Å². The summed E-state index contributed by atoms with van der Waals surface area (Å²) < 4.78 is 44.8. The Balaban J connectivity index is 1.87. The summed E-state index contributed by atoms with van der Waals surface area (Å²) in [6.45, 7) is 4.69. The standard InChI is InChI=1S/C20H27F3N4O2/c1-3-10-6-7-26(8-12(10)24)17-9(2)16-14(13(15(17)21)18(22)23)19(28)25-20(29)27(16)11-4-5-11/h9-12,17-18H,3-8,24H2,1-2H3,(H,25,28,29). The molecule has 3 N–H and O–H groups in total. The second kappa shape index (κ2) is 7.43. The molecule has 6 nitrogen and oxygen atoms in total. The van der Waals surface area contributed by atoms with Gasteiger partial charge in [0.25, 0.3) is 12.0 Å². The third kappa shape index (κ3) is 3.28. The van der Waals surface area contributed by atoms with Gasteiger partial charge in [0.05, 0.1) is 17.2 Å². The van der Waals surface area contributed by atoms with Gasteiger partial charge in [0.1, 0.15) is 5.83 Å². The molecule has 160 valence electrons. The Morgan fingerprint density at radius 1 is 1.24 bits per heavy atom. The molecule has 0 aromatic carbocycles. The summed E-state index contributed by atoms with van der Waals surface area (Å²) in [6.07, 6.45) is -0.0142. The van der Waals surface area contributed by atoms with Crippen molar-refractivity contribution in [1.82, 2.24) is 14.5 Å². The van der Waals surface area contributed by atoms with Gasteiger partial charge in [-0.1, -0.05) is 20.3 Å². The van der Waals surface area contributed by atoms with Gasteiger partial charge in [-0.05, 0) is 31.7 Å². The zero-order valence-corrected chi connectivity index (χ0v) is 16.6. The fourth-order valence-electron chi connectivity index (χ4n) is 5.12. The van der Waals surface area contributed by atoms with E-state index in [0.717, 1.165) is 25.7 Å². The number of nitrogens with zero attached hydrogens (tertiary/aromatic N) is 2. The number of alkyl halides is 2. The lowest BCUT2D eigenvalue weighted by molar-refractivity contribution is 0.100. The predicted octanol–water partition coefficient (Wildman–Crippen LogP) is 2.36. The Kier molecular flexibility index (Phi) is 5.23. The summed E-state index contributed by atoms with van der Waals surface area (Å²) in [5.41, 5.74) is 3.68. The maximum absolute atomic E-state index is 15.5. The molecule has 3 aliphatic rings. The molecule has 4 rings (SSSR count). The molecule has 9 heteroatoms. The predicted molar refractivity (Wildman–Crippen MR) is 104 cm³/mol. The topological polar surface area (TPSA) is 84.1 Å². The largest absolute Gasteiger partial charge is 0.328 e. The Hall–Kier alpha value is -1.87. The molecule has 1 aromatic heterocycles. The third-order valence-corrected chi connectivity index (χ3v) is 6.76. The molecular weight excluding hydrogens is 385 g/mol. The second-order valence-corrected chi connectivity index (χ2v) is 8.53. The van der Waals surface area contributed by atoms with E-state index in [2.05, 4.69) is 11.9 Å². The van der Waals surface area contributed by atoms with E-state index in [1.807, 2.05) is 4.90 Å². The highest BCUT2D eigenvalue weighted by Crippen LogP contribution is 2.46. The molecule has 2 aliphatic carbocycles. The average Bonchev–Trinajstić information content (AvgIpc) is 3.47. The zero-order chi connectivity index (χ0) is 21.0. The van der Waals surface area contributed by atoms with Gasteiger partial charge in [-0.25, -0.2) is 18.0 Å². The number of hydrogen-bond donors (Lipinski definition) is 2. The van der Waals surface area contributed by atoms with Crippen molar-refractivity contribution in [3.05, 3.63) is 37.9 Å². The first-order valence-corrected chi connectivity index (χ1v) is 10.3. The summed E-state index contributed by atoms with van der Waals surface area (Å²) in [7, 11) is 0. The molecule has 0 bridgehead atoms. The number of H-pyrrole nitrogens is 1. The molecule has 0 spiro atoms. The SMILES string of the molecule is CCC1CCN(C2C(F)=C(C(F)F)c3c(n(C4CC4)c(=O)[nH]c3=O)C2C)CC1N. The van der Waals surface area contributed by atoms with E-state index in [0.29, 0.717) is 19.0 Å². The summed E-state index contributed by atoms with van der Waals surface area (Å²) in [6, 6.07) is -1.26. The van der Waals surface area contributed by atoms with Gasteiger partial charge in [-0.15, -0.1) is 0 Å². The van der Waals surface area contributed by atoms with Crippen LogP contribution in [0.5, 0.6) is 0 Å². The lowest BCUT2D eigenvalue weighted by Crippen LogP contribution is -2.55. The maximum Gasteiger partial charge on any atom is 0.328 e. The molecular formula is C20H27F3N4O2. The summed E-state index contributed by atoms with van der Waals surface area (Å²) >= 11 is 0. The van der Waals surface area contributed by atoms with Crippen molar-refractivity contribution in [2.75, 3.05) is 13.1 Å². The number of nitrogens with one attached hydrogen (secondary N) is 1. The van der Waals surface area contributed by atoms with Gasteiger partial charge in [0.2, 0.25) is 0 Å². The van der Waals surface area contributed by atoms with Crippen LogP contribution < -0.4 is 17.0 Å². The minimum atomic E-state index is -3.16. The van der Waals surface area contributed by atoms with E-state index in [9.17, 15) is 18.4 Å². The molecule has 0 radical (unpaired) electrons. The number of aromatic amines is 1. The molecule has 4 unspecified atom stereocenters. The van der Waals surface area contributed by atoms with Gasteiger partial charge in [0, 0.05) is 30.2 Å². The van der Waals surface area contributed by atoms with Crippen LogP contribution in [0.15, 0.2) is 15.4 Å². The number of rotatable bonds is 4. The Labute approximate surface area is 166 Å². The van der Waals surface area contributed by atoms with Crippen molar-refractivity contribution in [2.45, 2.75) is 70.0 Å². The monoisotopic (exact) mass is 412 g/mol. The number of fused-ring (bicyclic) bond motifs is 1. The minimum absolute atomic E-state index is 0.135. The van der Waals surface area contributed by atoms with E-state index in [1.54, 1.807) is 6.92 Å². The van der Waals surface area contributed by atoms with E-state index in [-0.39, 0.29) is 23.3 Å². The van der Waals surface area contributed by atoms with Gasteiger partial charge in [-0.2, -0.15) is 0 Å². The van der Waals surface area contributed by atoms with Crippen molar-refractivity contribution in [3.8, 4) is 0 Å². The lowest BCUT2D eigenvalue weighted by Gasteiger charge is -2.44. The molecule has 4 atom stereocenters. The number of halogens is 3. The zero-order valence-electron chi connectivity index (χ0n) is 16.6. The van der Waals surface area contributed by atoms with Gasteiger partial charge < -0.3 is 5.73 Å². The fraction of sp³-hybridized carbons (Fsp3) is 0.700.